The van der Waals surface area contributed by atoms with Crippen molar-refractivity contribution >= 4 is 15.9 Å². The molecule has 9 nitrogen and oxygen atoms in total. The van der Waals surface area contributed by atoms with Crippen LogP contribution in [0.4, 0.5) is 13.2 Å². The molecule has 0 radical (unpaired) electrons. The lowest BCUT2D eigenvalue weighted by molar-refractivity contribution is -0.140. The zero-order valence-corrected chi connectivity index (χ0v) is 21.8. The van der Waals surface area contributed by atoms with Gasteiger partial charge in [-0.15, -0.1) is 0 Å². The number of halogens is 3. The maximum Gasteiger partial charge on any atom is 0.417 e. The first-order valence-electron chi connectivity index (χ1n) is 12.6. The highest BCUT2D eigenvalue weighted by molar-refractivity contribution is 7.89. The van der Waals surface area contributed by atoms with E-state index < -0.39 is 32.7 Å². The summed E-state index contributed by atoms with van der Waals surface area (Å²) in [5.74, 6) is -0.184. The minimum Gasteiger partial charge on any atom is -0.378 e. The van der Waals surface area contributed by atoms with Gasteiger partial charge in [0.15, 0.2) is 0 Å². The fourth-order valence-electron chi connectivity index (χ4n) is 5.21. The molecule has 0 bridgehead atoms. The van der Waals surface area contributed by atoms with Crippen molar-refractivity contribution in [2.24, 2.45) is 0 Å². The summed E-state index contributed by atoms with van der Waals surface area (Å²) in [5.41, 5.74) is -1.21. The minimum absolute atomic E-state index is 0.0309. The van der Waals surface area contributed by atoms with Crippen molar-refractivity contribution in [3.8, 4) is 0 Å². The number of hydrogen-bond acceptors (Lipinski definition) is 7. The number of likely N-dealkylation sites (tertiary alicyclic amines) is 1. The highest BCUT2D eigenvalue weighted by atomic mass is 32.2. The number of alkyl halides is 3. The van der Waals surface area contributed by atoms with E-state index in [1.807, 2.05) is 0 Å². The summed E-state index contributed by atoms with van der Waals surface area (Å²) in [6.07, 6.45) is -2.56. The van der Waals surface area contributed by atoms with Crippen LogP contribution in [0.25, 0.3) is 0 Å². The number of amides is 1. The zero-order chi connectivity index (χ0) is 26.6. The van der Waals surface area contributed by atoms with Gasteiger partial charge < -0.3 is 19.3 Å². The van der Waals surface area contributed by atoms with Gasteiger partial charge in [-0.2, -0.15) is 17.5 Å². The normalized spacial score (nSPS) is 23.9. The first-order valence-corrected chi connectivity index (χ1v) is 14.1. The Morgan fingerprint density at radius 3 is 2.41 bits per heavy atom. The highest BCUT2D eigenvalue weighted by Gasteiger charge is 2.41. The molecule has 1 atom stereocenters. The van der Waals surface area contributed by atoms with Gasteiger partial charge in [0.05, 0.1) is 36.3 Å². The molecule has 3 fully saturated rings. The van der Waals surface area contributed by atoms with Crippen molar-refractivity contribution in [1.82, 2.24) is 19.0 Å². The van der Waals surface area contributed by atoms with Gasteiger partial charge in [0.2, 0.25) is 15.9 Å². The number of piperazine rings is 1. The van der Waals surface area contributed by atoms with Crippen LogP contribution in [0.1, 0.15) is 18.4 Å². The number of carbonyl (C=O) groups excluding carboxylic acids is 1. The molecular weight excluding hydrogens is 513 g/mol. The molecule has 3 saturated heterocycles. The van der Waals surface area contributed by atoms with Gasteiger partial charge in [0.25, 0.3) is 0 Å². The number of rotatable bonds is 7. The largest absolute Gasteiger partial charge is 0.417 e. The molecule has 3 heterocycles. The second-order valence-electron chi connectivity index (χ2n) is 9.80. The SMILES string of the molecule is CN1CCC(N2CCN(C(=O)COC[C@@H]3COCCN3S(=O)(=O)c3ccccc3C(F)(F)F)CC2)CC1. The van der Waals surface area contributed by atoms with Gasteiger partial charge >= 0.3 is 6.18 Å². The smallest absolute Gasteiger partial charge is 0.378 e. The van der Waals surface area contributed by atoms with E-state index in [4.69, 9.17) is 9.47 Å². The molecule has 0 saturated carbocycles. The third-order valence-electron chi connectivity index (χ3n) is 7.36. The summed E-state index contributed by atoms with van der Waals surface area (Å²) in [6, 6.07) is 3.84. The number of morpholine rings is 1. The van der Waals surface area contributed by atoms with Crippen molar-refractivity contribution in [3.63, 3.8) is 0 Å². The van der Waals surface area contributed by atoms with Crippen LogP contribution in [0.15, 0.2) is 29.2 Å². The Balaban J connectivity index is 1.30. The summed E-state index contributed by atoms with van der Waals surface area (Å²) in [5, 5.41) is 0. The fourth-order valence-corrected chi connectivity index (χ4v) is 7.00. The van der Waals surface area contributed by atoms with Crippen LogP contribution < -0.4 is 0 Å². The molecule has 0 aromatic heterocycles. The van der Waals surface area contributed by atoms with Gasteiger partial charge in [0, 0.05) is 38.8 Å². The molecule has 0 unspecified atom stereocenters. The molecule has 208 valence electrons. The second kappa shape index (κ2) is 12.0. The van der Waals surface area contributed by atoms with Crippen LogP contribution in [0, 0.1) is 0 Å². The number of nitrogens with zero attached hydrogens (tertiary/aromatic N) is 4. The molecule has 3 aliphatic rings. The van der Waals surface area contributed by atoms with E-state index in [1.165, 1.54) is 6.07 Å². The van der Waals surface area contributed by atoms with Crippen molar-refractivity contribution in [2.75, 3.05) is 79.3 Å². The molecule has 0 aliphatic carbocycles. The van der Waals surface area contributed by atoms with E-state index in [0.717, 1.165) is 61.5 Å². The molecular formula is C24H35F3N4O5S. The van der Waals surface area contributed by atoms with E-state index in [0.29, 0.717) is 19.1 Å². The number of carbonyl (C=O) groups is 1. The van der Waals surface area contributed by atoms with Crippen LogP contribution in [-0.2, 0) is 30.5 Å². The molecule has 0 spiro atoms. The Hall–Kier alpha value is -1.77. The predicted octanol–water partition coefficient (Wildman–Crippen LogP) is 1.35. The third kappa shape index (κ3) is 6.82. The maximum atomic E-state index is 13.5. The Morgan fingerprint density at radius 2 is 1.73 bits per heavy atom. The van der Waals surface area contributed by atoms with Crippen LogP contribution in [-0.4, -0.2) is 125 Å². The summed E-state index contributed by atoms with van der Waals surface area (Å²) < 4.78 is 78.8. The topological polar surface area (TPSA) is 82.6 Å². The van der Waals surface area contributed by atoms with E-state index in [2.05, 4.69) is 16.8 Å². The van der Waals surface area contributed by atoms with Crippen LogP contribution in [0.5, 0.6) is 0 Å². The summed E-state index contributed by atoms with van der Waals surface area (Å²) in [4.78, 5) is 18.4. The first kappa shape index (κ1) is 28.2. The van der Waals surface area contributed by atoms with Crippen LogP contribution >= 0.6 is 0 Å². The van der Waals surface area contributed by atoms with Crippen molar-refractivity contribution in [3.05, 3.63) is 29.8 Å². The summed E-state index contributed by atoms with van der Waals surface area (Å²) in [7, 11) is -2.34. The lowest BCUT2D eigenvalue weighted by Crippen LogP contribution is -2.55. The predicted molar refractivity (Wildman–Crippen MR) is 129 cm³/mol. The molecule has 3 aliphatic heterocycles. The molecule has 1 aromatic rings. The van der Waals surface area contributed by atoms with E-state index in [-0.39, 0.29) is 38.9 Å². The molecule has 1 amide bonds. The highest BCUT2D eigenvalue weighted by Crippen LogP contribution is 2.35. The van der Waals surface area contributed by atoms with E-state index in [1.54, 1.807) is 4.90 Å². The van der Waals surface area contributed by atoms with Crippen LogP contribution in [0.2, 0.25) is 0 Å². The van der Waals surface area contributed by atoms with Gasteiger partial charge in [-0.1, -0.05) is 12.1 Å². The van der Waals surface area contributed by atoms with E-state index >= 15 is 0 Å². The number of hydrogen-bond donors (Lipinski definition) is 0. The maximum absolute atomic E-state index is 13.5. The minimum atomic E-state index is -4.81. The lowest BCUT2D eigenvalue weighted by Gasteiger charge is -2.42. The first-order chi connectivity index (χ1) is 17.6. The standard InChI is InChI=1S/C24H35F3N4O5S/c1-28-8-6-19(7-9-28)29-10-12-30(13-11-29)23(32)18-36-17-20-16-35-15-14-31(20)37(33,34)22-5-3-2-4-21(22)24(25,26)27/h2-5,19-20H,6-18H2,1H3/t20-/m0/s1. The average Bonchev–Trinajstić information content (AvgIpc) is 2.89. The molecule has 13 heteroatoms. The fraction of sp³-hybridized carbons (Fsp3) is 0.708. The van der Waals surface area contributed by atoms with Gasteiger partial charge in [-0.25, -0.2) is 8.42 Å². The van der Waals surface area contributed by atoms with Gasteiger partial charge in [-0.05, 0) is 45.1 Å². The third-order valence-corrected chi connectivity index (χ3v) is 9.37. The quantitative estimate of drug-likeness (QED) is 0.509. The Bertz CT molecular complexity index is 1030. The second-order valence-corrected chi connectivity index (χ2v) is 11.7. The molecule has 1 aromatic carbocycles. The molecule has 4 rings (SSSR count). The summed E-state index contributed by atoms with van der Waals surface area (Å²) in [6.45, 7) is 4.53. The Morgan fingerprint density at radius 1 is 1.05 bits per heavy atom. The van der Waals surface area contributed by atoms with Gasteiger partial charge in [-0.3, -0.25) is 9.69 Å². The summed E-state index contributed by atoms with van der Waals surface area (Å²) >= 11 is 0. The average molecular weight is 549 g/mol. The van der Waals surface area contributed by atoms with Crippen molar-refractivity contribution in [2.45, 2.75) is 36.0 Å². The lowest BCUT2D eigenvalue weighted by atomic mass is 10.0. The van der Waals surface area contributed by atoms with E-state index in [9.17, 15) is 26.4 Å². The number of benzene rings is 1. The number of sulfonamides is 1. The number of ether oxygens (including phenoxy) is 2. The van der Waals surface area contributed by atoms with Crippen molar-refractivity contribution < 1.29 is 35.9 Å². The Labute approximate surface area is 216 Å². The zero-order valence-electron chi connectivity index (χ0n) is 21.0. The Kier molecular flexibility index (Phi) is 9.13. The molecule has 37 heavy (non-hydrogen) atoms. The van der Waals surface area contributed by atoms with Crippen LogP contribution in [0.3, 0.4) is 0 Å². The van der Waals surface area contributed by atoms with Crippen molar-refractivity contribution in [1.29, 1.82) is 0 Å². The van der Waals surface area contributed by atoms with Gasteiger partial charge in [0.1, 0.15) is 6.61 Å². The monoisotopic (exact) mass is 548 g/mol. The number of piperidine rings is 1. The molecule has 0 N–H and O–H groups in total.